The molecule has 2 unspecified atom stereocenters. The van der Waals surface area contributed by atoms with Gasteiger partial charge in [0.2, 0.25) is 0 Å². The predicted octanol–water partition coefficient (Wildman–Crippen LogP) is 7.24. The molecule has 3 aromatic rings. The van der Waals surface area contributed by atoms with Gasteiger partial charge in [0.1, 0.15) is 5.66 Å². The Labute approximate surface area is 308 Å². The Balaban J connectivity index is 1.17. The van der Waals surface area contributed by atoms with Crippen LogP contribution in [0, 0.1) is 5.92 Å². The number of nitrogens with zero attached hydrogens (tertiary/aromatic N) is 6. The van der Waals surface area contributed by atoms with E-state index in [0.717, 1.165) is 102 Å². The summed E-state index contributed by atoms with van der Waals surface area (Å²) in [4.78, 5) is 27.5. The molecule has 2 atom stereocenters. The minimum absolute atomic E-state index is 0.0835. The van der Waals surface area contributed by atoms with E-state index in [-0.39, 0.29) is 11.9 Å². The van der Waals surface area contributed by atoms with Crippen LogP contribution in [0.25, 0.3) is 28.0 Å². The van der Waals surface area contributed by atoms with E-state index < -0.39 is 5.66 Å². The van der Waals surface area contributed by atoms with Crippen LogP contribution < -0.4 is 11.1 Å². The van der Waals surface area contributed by atoms with Crippen LogP contribution in [-0.4, -0.2) is 83.9 Å². The van der Waals surface area contributed by atoms with Gasteiger partial charge < -0.3 is 20.9 Å². The lowest BCUT2D eigenvalue weighted by atomic mass is 9.78. The Morgan fingerprint density at radius 2 is 1.81 bits per heavy atom. The Bertz CT molecular complexity index is 2040. The number of piperidine rings is 1. The molecule has 3 N–H and O–H groups in total. The Morgan fingerprint density at radius 1 is 1.08 bits per heavy atom. The van der Waals surface area contributed by atoms with Gasteiger partial charge in [-0.05, 0) is 112 Å². The second-order valence-electron chi connectivity index (χ2n) is 15.1. The molecule has 1 amide bonds. The number of likely N-dealkylation sites (tertiary alicyclic amines) is 1. The molecule has 1 saturated heterocycles. The van der Waals surface area contributed by atoms with Gasteiger partial charge in [-0.2, -0.15) is 5.10 Å². The molecule has 3 heterocycles. The van der Waals surface area contributed by atoms with Crippen LogP contribution in [0.1, 0.15) is 78.7 Å². The van der Waals surface area contributed by atoms with Crippen molar-refractivity contribution in [2.24, 2.45) is 28.7 Å². The Kier molecular flexibility index (Phi) is 9.90. The lowest BCUT2D eigenvalue weighted by Crippen LogP contribution is -2.44. The third kappa shape index (κ3) is 6.82. The number of hydrogen-bond donors (Lipinski definition) is 2. The van der Waals surface area contributed by atoms with Gasteiger partial charge in [0, 0.05) is 79.3 Å². The van der Waals surface area contributed by atoms with Crippen molar-refractivity contribution >= 4 is 40.7 Å². The van der Waals surface area contributed by atoms with Gasteiger partial charge in [-0.1, -0.05) is 49.4 Å². The third-order valence-corrected chi connectivity index (χ3v) is 11.5. The van der Waals surface area contributed by atoms with Gasteiger partial charge >= 0.3 is 0 Å². The molecule has 0 bridgehead atoms. The minimum Gasteiger partial charge on any atom is -0.404 e. The maximum Gasteiger partial charge on any atom is 0.253 e. The van der Waals surface area contributed by atoms with Gasteiger partial charge in [0.15, 0.2) is 0 Å². The largest absolute Gasteiger partial charge is 0.404 e. The highest BCUT2D eigenvalue weighted by Gasteiger charge is 2.34. The number of nitrogens with one attached hydrogen (secondary N) is 1. The molecule has 9 nitrogen and oxygen atoms in total. The average molecular weight is 697 g/mol. The molecule has 1 aromatic heterocycles. The van der Waals surface area contributed by atoms with Gasteiger partial charge in [-0.25, -0.2) is 0 Å². The number of carbonyl (C=O) groups is 1. The van der Waals surface area contributed by atoms with Crippen molar-refractivity contribution in [2.75, 3.05) is 39.5 Å². The fourth-order valence-corrected chi connectivity index (χ4v) is 8.25. The topological polar surface area (TPSA) is 104 Å². The first-order valence-electron chi connectivity index (χ1n) is 18.6. The fraction of sp³-hybridized carbons (Fsp3) is 0.395. The number of allylic oxidation sites excluding steroid dienone is 7. The quantitative estimate of drug-likeness (QED) is 0.242. The van der Waals surface area contributed by atoms with Crippen molar-refractivity contribution < 1.29 is 4.79 Å². The van der Waals surface area contributed by atoms with Gasteiger partial charge in [0.25, 0.3) is 5.91 Å². The van der Waals surface area contributed by atoms with Crippen molar-refractivity contribution in [3.05, 3.63) is 100 Å². The van der Waals surface area contributed by atoms with E-state index in [1.807, 2.05) is 22.7 Å². The number of rotatable bonds is 8. The summed E-state index contributed by atoms with van der Waals surface area (Å²) in [5, 5.41) is 8.87. The van der Waals surface area contributed by atoms with Crippen LogP contribution >= 0.6 is 0 Å². The van der Waals surface area contributed by atoms with Gasteiger partial charge in [-0.3, -0.25) is 19.5 Å². The maximum absolute atomic E-state index is 13.7. The van der Waals surface area contributed by atoms with Crippen LogP contribution in [0.2, 0.25) is 0 Å². The van der Waals surface area contributed by atoms with Crippen LogP contribution in [0.5, 0.6) is 0 Å². The summed E-state index contributed by atoms with van der Waals surface area (Å²) in [7, 11) is 7.91. The molecule has 0 saturated carbocycles. The summed E-state index contributed by atoms with van der Waals surface area (Å²) in [6.45, 7) is 6.59. The number of aromatic nitrogens is 2. The van der Waals surface area contributed by atoms with Crippen molar-refractivity contribution in [3.63, 3.8) is 0 Å². The van der Waals surface area contributed by atoms with Crippen LogP contribution in [0.15, 0.2) is 82.5 Å². The molecule has 52 heavy (non-hydrogen) atoms. The van der Waals surface area contributed by atoms with Crippen LogP contribution in [0.3, 0.4) is 0 Å². The lowest BCUT2D eigenvalue weighted by Gasteiger charge is -2.35. The molecule has 2 aromatic carbocycles. The highest BCUT2D eigenvalue weighted by molar-refractivity contribution is 6.09. The molecule has 1 fully saturated rings. The number of amides is 1. The van der Waals surface area contributed by atoms with Crippen LogP contribution in [-0.2, 0) is 13.5 Å². The first kappa shape index (κ1) is 35.4. The minimum atomic E-state index is -0.518. The smallest absolute Gasteiger partial charge is 0.253 e. The van der Waals surface area contributed by atoms with E-state index >= 15 is 0 Å². The van der Waals surface area contributed by atoms with Gasteiger partial charge in [0.05, 0.1) is 11.4 Å². The van der Waals surface area contributed by atoms with Crippen molar-refractivity contribution in [1.82, 2.24) is 19.6 Å². The van der Waals surface area contributed by atoms with E-state index in [0.29, 0.717) is 5.92 Å². The zero-order chi connectivity index (χ0) is 36.6. The summed E-state index contributed by atoms with van der Waals surface area (Å²) in [5.74, 6) is 0.392. The Morgan fingerprint density at radius 3 is 2.48 bits per heavy atom. The number of aliphatic imine (C=N–C) groups is 2. The highest BCUT2D eigenvalue weighted by atomic mass is 16.2. The first-order chi connectivity index (χ1) is 25.1. The van der Waals surface area contributed by atoms with Crippen LogP contribution in [0.4, 0.5) is 5.69 Å². The second kappa shape index (κ2) is 14.5. The zero-order valence-corrected chi connectivity index (χ0v) is 31.5. The summed E-state index contributed by atoms with van der Waals surface area (Å²) < 4.78 is 2.04. The van der Waals surface area contributed by atoms with Crippen molar-refractivity contribution in [3.8, 4) is 11.3 Å². The molecule has 4 aliphatic rings. The van der Waals surface area contributed by atoms with Crippen molar-refractivity contribution in [1.29, 1.82) is 0 Å². The number of fused-ring (bicyclic) bond motifs is 2. The third-order valence-electron chi connectivity index (χ3n) is 11.5. The SMILES string of the molecule is CN=C/C(=C\N)c1ccc(-c2c3c(nn2C)CCC2=C3C(C)CCC(C)(Nc3ccc(C(=O)N(C)C4CCN(C)CC4)cc3C3=CC=C3)/N=C\2)cc1. The molecule has 7 rings (SSSR count). The summed E-state index contributed by atoms with van der Waals surface area (Å²) >= 11 is 0. The summed E-state index contributed by atoms with van der Waals surface area (Å²) in [6, 6.07) is 14.9. The highest BCUT2D eigenvalue weighted by Crippen LogP contribution is 2.45. The van der Waals surface area contributed by atoms with E-state index in [4.69, 9.17) is 15.8 Å². The lowest BCUT2D eigenvalue weighted by molar-refractivity contribution is 0.0659. The zero-order valence-electron chi connectivity index (χ0n) is 31.5. The monoisotopic (exact) mass is 696 g/mol. The molecule has 9 heteroatoms. The summed E-state index contributed by atoms with van der Waals surface area (Å²) in [6.07, 6.45) is 17.4. The van der Waals surface area contributed by atoms with Gasteiger partial charge in [-0.15, -0.1) is 0 Å². The molecule has 0 spiro atoms. The maximum atomic E-state index is 13.7. The molecular formula is C43H52N8O. The van der Waals surface area contributed by atoms with E-state index in [1.54, 1.807) is 19.5 Å². The number of hydrogen-bond acceptors (Lipinski definition) is 7. The van der Waals surface area contributed by atoms with Crippen molar-refractivity contribution in [2.45, 2.75) is 64.1 Å². The first-order valence-corrected chi connectivity index (χ1v) is 18.6. The Hall–Kier alpha value is -5.02. The van der Waals surface area contributed by atoms with E-state index in [9.17, 15) is 4.79 Å². The fourth-order valence-electron chi connectivity index (χ4n) is 8.25. The molecule has 270 valence electrons. The number of nitrogens with two attached hydrogens (primary N) is 1. The number of aryl methyl sites for hydroxylation is 2. The molecule has 2 aliphatic heterocycles. The predicted molar refractivity (Wildman–Crippen MR) is 216 cm³/mol. The summed E-state index contributed by atoms with van der Waals surface area (Å²) in [5.41, 5.74) is 18.5. The normalized spacial score (nSPS) is 23.0. The number of benzene rings is 2. The second-order valence-corrected chi connectivity index (χ2v) is 15.1. The molecule has 2 aliphatic carbocycles. The molecular weight excluding hydrogens is 645 g/mol. The standard InChI is InChI=1S/C43H52N8O/c1-28-18-21-43(2,47-37-16-14-32(24-36(37)30-8-7-9-30)42(52)50(5)35-19-22-49(4)23-20-35)46-27-33-15-17-38-40(39(28)33)41(51(6)48-38)31-12-10-29(11-13-31)34(25-44)26-45-3/h7-14,16,24-28,35,47H,15,17-23,44H2,1-6H3/b34-25+,45-26?,46-27-. The number of anilines is 1. The molecule has 0 radical (unpaired) electrons. The van der Waals surface area contributed by atoms with E-state index in [1.165, 1.54) is 16.7 Å². The number of carbonyl (C=O) groups excluding carboxylic acids is 1. The average Bonchev–Trinajstić information content (AvgIpc) is 3.46. The van der Waals surface area contributed by atoms with E-state index in [2.05, 4.69) is 104 Å².